The zero-order chi connectivity index (χ0) is 16.6. The molecule has 23 heavy (non-hydrogen) atoms. The highest BCUT2D eigenvalue weighted by Gasteiger charge is 2.18. The molecule has 0 amide bonds. The second-order valence-corrected chi connectivity index (χ2v) is 5.72. The van der Waals surface area contributed by atoms with Crippen molar-refractivity contribution in [3.8, 4) is 11.5 Å². The van der Waals surface area contributed by atoms with Crippen molar-refractivity contribution in [2.45, 2.75) is 18.8 Å². The summed E-state index contributed by atoms with van der Waals surface area (Å²) in [6.45, 7) is 1.86. The first-order chi connectivity index (χ1) is 11.0. The van der Waals surface area contributed by atoms with E-state index in [0.717, 1.165) is 11.3 Å². The SMILES string of the molecule is COc1cc(OC)c2c(=O)[nH]c(C3=CC(C)=NC(Cl)C3)nc2c1. The Morgan fingerprint density at radius 3 is 2.74 bits per heavy atom. The van der Waals surface area contributed by atoms with E-state index in [1.807, 2.05) is 13.0 Å². The third-order valence-electron chi connectivity index (χ3n) is 3.62. The molecule has 1 aromatic heterocycles. The number of benzene rings is 1. The van der Waals surface area contributed by atoms with Gasteiger partial charge in [-0.25, -0.2) is 4.98 Å². The van der Waals surface area contributed by atoms with Crippen LogP contribution in [-0.4, -0.2) is 35.4 Å². The van der Waals surface area contributed by atoms with Crippen LogP contribution in [0.3, 0.4) is 0 Å². The molecule has 0 spiro atoms. The Kier molecular flexibility index (Phi) is 4.09. The van der Waals surface area contributed by atoms with E-state index in [-0.39, 0.29) is 11.1 Å². The lowest BCUT2D eigenvalue weighted by molar-refractivity contribution is 0.397. The predicted molar refractivity (Wildman–Crippen MR) is 90.8 cm³/mol. The fraction of sp³-hybridized carbons (Fsp3) is 0.312. The van der Waals surface area contributed by atoms with Crippen LogP contribution in [0.2, 0.25) is 0 Å². The van der Waals surface area contributed by atoms with Crippen molar-refractivity contribution in [2.75, 3.05) is 14.2 Å². The molecular weight excluding hydrogens is 318 g/mol. The highest BCUT2D eigenvalue weighted by molar-refractivity contribution is 6.22. The number of alkyl halides is 1. The van der Waals surface area contributed by atoms with Gasteiger partial charge in [0.25, 0.3) is 5.56 Å². The first kappa shape index (κ1) is 15.6. The summed E-state index contributed by atoms with van der Waals surface area (Å²) < 4.78 is 10.5. The smallest absolute Gasteiger partial charge is 0.262 e. The van der Waals surface area contributed by atoms with E-state index in [1.54, 1.807) is 19.2 Å². The van der Waals surface area contributed by atoms with E-state index in [1.165, 1.54) is 7.11 Å². The maximum absolute atomic E-state index is 12.5. The van der Waals surface area contributed by atoms with Gasteiger partial charge in [-0.15, -0.1) is 0 Å². The number of rotatable bonds is 3. The van der Waals surface area contributed by atoms with Gasteiger partial charge in [-0.1, -0.05) is 11.6 Å². The van der Waals surface area contributed by atoms with E-state index < -0.39 is 0 Å². The highest BCUT2D eigenvalue weighted by Crippen LogP contribution is 2.29. The van der Waals surface area contributed by atoms with Gasteiger partial charge in [0, 0.05) is 29.8 Å². The predicted octanol–water partition coefficient (Wildman–Crippen LogP) is 2.75. The molecule has 6 nitrogen and oxygen atoms in total. The first-order valence-electron chi connectivity index (χ1n) is 7.07. The summed E-state index contributed by atoms with van der Waals surface area (Å²) in [6, 6.07) is 3.36. The van der Waals surface area contributed by atoms with E-state index in [2.05, 4.69) is 15.0 Å². The molecule has 7 heteroatoms. The lowest BCUT2D eigenvalue weighted by Gasteiger charge is -2.15. The van der Waals surface area contributed by atoms with Crippen LogP contribution in [0.15, 0.2) is 28.0 Å². The van der Waals surface area contributed by atoms with Gasteiger partial charge in [-0.2, -0.15) is 0 Å². The Hall–Kier alpha value is -2.34. The molecule has 0 saturated heterocycles. The van der Waals surface area contributed by atoms with Crippen LogP contribution in [0.1, 0.15) is 19.2 Å². The third kappa shape index (κ3) is 2.94. The molecule has 2 aromatic rings. The van der Waals surface area contributed by atoms with Gasteiger partial charge >= 0.3 is 0 Å². The minimum absolute atomic E-state index is 0.267. The molecule has 1 atom stereocenters. The number of aliphatic imine (C=N–C) groups is 1. The zero-order valence-electron chi connectivity index (χ0n) is 13.0. The Morgan fingerprint density at radius 1 is 1.30 bits per heavy atom. The van der Waals surface area contributed by atoms with Gasteiger partial charge in [0.05, 0.1) is 19.7 Å². The van der Waals surface area contributed by atoms with Crippen molar-refractivity contribution in [1.82, 2.24) is 9.97 Å². The summed E-state index contributed by atoms with van der Waals surface area (Å²) in [5, 5.41) is 0.390. The average Bonchev–Trinajstić information content (AvgIpc) is 2.52. The number of halogens is 1. The third-order valence-corrected chi connectivity index (χ3v) is 3.87. The Bertz CT molecular complexity index is 886. The van der Waals surface area contributed by atoms with Crippen LogP contribution in [0.5, 0.6) is 11.5 Å². The molecule has 0 radical (unpaired) electrons. The van der Waals surface area contributed by atoms with Crippen molar-refractivity contribution >= 4 is 33.8 Å². The molecule has 3 rings (SSSR count). The molecule has 0 bridgehead atoms. The topological polar surface area (TPSA) is 76.6 Å². The molecule has 1 N–H and O–H groups in total. The molecule has 1 aromatic carbocycles. The molecular formula is C16H16ClN3O3. The second-order valence-electron chi connectivity index (χ2n) is 5.22. The van der Waals surface area contributed by atoms with Crippen LogP contribution in [0.4, 0.5) is 0 Å². The molecule has 1 aliphatic rings. The molecule has 1 unspecified atom stereocenters. The average molecular weight is 334 g/mol. The van der Waals surface area contributed by atoms with Crippen molar-refractivity contribution < 1.29 is 9.47 Å². The number of hydrogen-bond acceptors (Lipinski definition) is 5. The largest absolute Gasteiger partial charge is 0.497 e. The zero-order valence-corrected chi connectivity index (χ0v) is 13.8. The summed E-state index contributed by atoms with van der Waals surface area (Å²) in [7, 11) is 3.05. The van der Waals surface area contributed by atoms with Crippen LogP contribution < -0.4 is 15.0 Å². The Labute approximate surface area is 137 Å². The molecule has 0 saturated carbocycles. The minimum Gasteiger partial charge on any atom is -0.497 e. The standard InChI is InChI=1S/C16H16ClN3O3/c1-8-4-9(5-13(17)18-8)15-19-11-6-10(22-2)7-12(23-3)14(11)16(21)20-15/h4,6-7,13H,5H2,1-3H3,(H,19,20,21). The summed E-state index contributed by atoms with van der Waals surface area (Å²) in [6.07, 6.45) is 2.38. The van der Waals surface area contributed by atoms with E-state index in [4.69, 9.17) is 21.1 Å². The number of allylic oxidation sites excluding steroid dienone is 1. The molecule has 120 valence electrons. The number of hydrogen-bond donors (Lipinski definition) is 1. The normalized spacial score (nSPS) is 17.7. The van der Waals surface area contributed by atoms with Crippen LogP contribution in [-0.2, 0) is 0 Å². The quantitative estimate of drug-likeness (QED) is 0.692. The number of aromatic amines is 1. The second kappa shape index (κ2) is 6.04. The number of fused-ring (bicyclic) bond motifs is 1. The maximum Gasteiger partial charge on any atom is 0.262 e. The van der Waals surface area contributed by atoms with E-state index in [9.17, 15) is 4.79 Å². The van der Waals surface area contributed by atoms with Crippen molar-refractivity contribution in [1.29, 1.82) is 0 Å². The highest BCUT2D eigenvalue weighted by atomic mass is 35.5. The van der Waals surface area contributed by atoms with Crippen molar-refractivity contribution in [3.63, 3.8) is 0 Å². The van der Waals surface area contributed by atoms with Gasteiger partial charge < -0.3 is 14.5 Å². The van der Waals surface area contributed by atoms with Crippen molar-refractivity contribution in [3.05, 3.63) is 34.4 Å². The molecule has 0 aliphatic carbocycles. The summed E-state index contributed by atoms with van der Waals surface area (Å²) in [5.41, 5.74) is 1.54. The molecule has 0 fully saturated rings. The van der Waals surface area contributed by atoms with Crippen LogP contribution >= 0.6 is 11.6 Å². The number of aromatic nitrogens is 2. The number of methoxy groups -OCH3 is 2. The number of nitrogens with one attached hydrogen (secondary N) is 1. The molecule has 2 heterocycles. The Balaban J connectivity index is 2.22. The lowest BCUT2D eigenvalue weighted by atomic mass is 10.1. The Morgan fingerprint density at radius 2 is 2.09 bits per heavy atom. The number of nitrogens with zero attached hydrogens (tertiary/aromatic N) is 2. The van der Waals surface area contributed by atoms with Crippen LogP contribution in [0, 0.1) is 0 Å². The van der Waals surface area contributed by atoms with Gasteiger partial charge in [0.15, 0.2) is 0 Å². The van der Waals surface area contributed by atoms with Crippen molar-refractivity contribution in [2.24, 2.45) is 4.99 Å². The van der Waals surface area contributed by atoms with Gasteiger partial charge in [0.2, 0.25) is 0 Å². The number of dihydropyridines is 1. The summed E-state index contributed by atoms with van der Waals surface area (Å²) >= 11 is 6.12. The molecule has 1 aliphatic heterocycles. The van der Waals surface area contributed by atoms with Gasteiger partial charge in [-0.05, 0) is 13.0 Å². The van der Waals surface area contributed by atoms with Gasteiger partial charge in [-0.3, -0.25) is 9.79 Å². The van der Waals surface area contributed by atoms with Gasteiger partial charge in [0.1, 0.15) is 28.2 Å². The summed E-state index contributed by atoms with van der Waals surface area (Å²) in [5.74, 6) is 1.48. The summed E-state index contributed by atoms with van der Waals surface area (Å²) in [4.78, 5) is 24.1. The van der Waals surface area contributed by atoms with Crippen LogP contribution in [0.25, 0.3) is 16.5 Å². The maximum atomic E-state index is 12.5. The minimum atomic E-state index is -0.351. The fourth-order valence-electron chi connectivity index (χ4n) is 2.60. The first-order valence-corrected chi connectivity index (χ1v) is 7.51. The number of H-pyrrole nitrogens is 1. The lowest BCUT2D eigenvalue weighted by Crippen LogP contribution is -2.15. The number of ether oxygens (including phenoxy) is 2. The van der Waals surface area contributed by atoms with E-state index in [0.29, 0.717) is 34.6 Å². The fourth-order valence-corrected chi connectivity index (χ4v) is 2.92. The van der Waals surface area contributed by atoms with E-state index >= 15 is 0 Å². The monoisotopic (exact) mass is 333 g/mol.